The molecule has 0 aliphatic rings. The number of halogens is 1. The quantitative estimate of drug-likeness (QED) is 0.797. The third kappa shape index (κ3) is 3.63. The molecule has 2 heterocycles. The molecule has 0 aromatic carbocycles. The maximum absolute atomic E-state index is 10.9. The Hall–Kier alpha value is -1.21. The highest BCUT2D eigenvalue weighted by atomic mass is 35.7. The van der Waals surface area contributed by atoms with Gasteiger partial charge >= 0.3 is 6.72 Å². The monoisotopic (exact) mass is 305 g/mol. The molecule has 0 spiro atoms. The normalized spacial score (nSPS) is 16.4. The number of hydrogen-bond acceptors (Lipinski definition) is 6. The Morgan fingerprint density at radius 2 is 2.32 bits per heavy atom. The van der Waals surface area contributed by atoms with Crippen LogP contribution in [0.15, 0.2) is 12.7 Å². The van der Waals surface area contributed by atoms with Crippen LogP contribution in [0.2, 0.25) is 0 Å². The first kappa shape index (κ1) is 14.2. The third-order valence-electron chi connectivity index (χ3n) is 2.40. The predicted molar refractivity (Wildman–Crippen MR) is 70.8 cm³/mol. The number of ether oxygens (including phenoxy) is 1. The van der Waals surface area contributed by atoms with Crippen molar-refractivity contribution in [3.63, 3.8) is 0 Å². The van der Waals surface area contributed by atoms with E-state index < -0.39 is 13.1 Å². The van der Waals surface area contributed by atoms with E-state index in [4.69, 9.17) is 26.6 Å². The molecule has 3 N–H and O–H groups in total. The molecular weight excluding hydrogens is 293 g/mol. The number of aromatic nitrogens is 4. The molecule has 2 atom stereocenters. The first-order valence-corrected chi connectivity index (χ1v) is 8.16. The van der Waals surface area contributed by atoms with Crippen LogP contribution in [0, 0.1) is 0 Å². The minimum Gasteiger partial charge on any atom is -0.382 e. The van der Waals surface area contributed by atoms with E-state index in [0.29, 0.717) is 23.5 Å². The highest BCUT2D eigenvalue weighted by molar-refractivity contribution is 7.84. The lowest BCUT2D eigenvalue weighted by Crippen LogP contribution is -2.16. The highest BCUT2D eigenvalue weighted by Gasteiger charge is 2.17. The van der Waals surface area contributed by atoms with Crippen LogP contribution in [0.5, 0.6) is 0 Å². The summed E-state index contributed by atoms with van der Waals surface area (Å²) >= 11 is 5.20. The van der Waals surface area contributed by atoms with E-state index in [9.17, 15) is 4.57 Å². The summed E-state index contributed by atoms with van der Waals surface area (Å²) in [4.78, 5) is 21.0. The van der Waals surface area contributed by atoms with Crippen LogP contribution < -0.4 is 5.73 Å². The van der Waals surface area contributed by atoms with Gasteiger partial charge < -0.3 is 19.9 Å². The molecule has 0 fully saturated rings. The Labute approximate surface area is 113 Å². The molecule has 0 saturated heterocycles. The Kier molecular flexibility index (Phi) is 4.05. The molecule has 0 aliphatic carbocycles. The van der Waals surface area contributed by atoms with E-state index in [1.54, 1.807) is 17.8 Å². The van der Waals surface area contributed by atoms with Crippen LogP contribution >= 0.6 is 18.0 Å². The van der Waals surface area contributed by atoms with Gasteiger partial charge in [-0.2, -0.15) is 0 Å². The molecule has 2 rings (SSSR count). The van der Waals surface area contributed by atoms with Crippen LogP contribution in [-0.2, 0) is 15.8 Å². The molecule has 8 nitrogen and oxygen atoms in total. The van der Waals surface area contributed by atoms with Gasteiger partial charge in [0, 0.05) is 0 Å². The van der Waals surface area contributed by atoms with Crippen LogP contribution in [0.1, 0.15) is 6.92 Å². The number of rotatable bonds is 5. The Balaban J connectivity index is 2.09. The van der Waals surface area contributed by atoms with Crippen molar-refractivity contribution in [3.05, 3.63) is 12.7 Å². The van der Waals surface area contributed by atoms with Crippen molar-refractivity contribution in [1.82, 2.24) is 19.5 Å². The molecule has 1 unspecified atom stereocenters. The van der Waals surface area contributed by atoms with Crippen LogP contribution in [0.25, 0.3) is 11.2 Å². The third-order valence-corrected chi connectivity index (χ3v) is 3.16. The molecule has 10 heteroatoms. The molecule has 2 aromatic rings. The van der Waals surface area contributed by atoms with Crippen LogP contribution in [0.4, 0.5) is 5.82 Å². The number of imidazole rings is 1. The molecule has 19 heavy (non-hydrogen) atoms. The fourth-order valence-electron chi connectivity index (χ4n) is 1.58. The summed E-state index contributed by atoms with van der Waals surface area (Å²) in [6.45, 7) is -1.53. The molecule has 0 amide bonds. The maximum atomic E-state index is 10.9. The molecule has 2 aromatic heterocycles. The van der Waals surface area contributed by atoms with Crippen molar-refractivity contribution in [2.24, 2.45) is 0 Å². The van der Waals surface area contributed by atoms with Gasteiger partial charge in [0.05, 0.1) is 19.0 Å². The summed E-state index contributed by atoms with van der Waals surface area (Å²) in [6.07, 6.45) is 2.18. The molecule has 0 radical (unpaired) electrons. The zero-order chi connectivity index (χ0) is 14.0. The lowest BCUT2D eigenvalue weighted by Gasteiger charge is -2.14. The molecule has 104 valence electrons. The van der Waals surface area contributed by atoms with Crippen molar-refractivity contribution in [1.29, 1.82) is 0 Å². The molecule has 0 aliphatic heterocycles. The van der Waals surface area contributed by atoms with Crippen molar-refractivity contribution in [2.45, 2.75) is 19.6 Å². The molecular formula is C9H13ClN5O3P. The Morgan fingerprint density at radius 3 is 3.00 bits per heavy atom. The van der Waals surface area contributed by atoms with Gasteiger partial charge in [-0.25, -0.2) is 15.0 Å². The van der Waals surface area contributed by atoms with E-state index in [-0.39, 0.29) is 6.10 Å². The summed E-state index contributed by atoms with van der Waals surface area (Å²) in [5, 5.41) is 0. The second-order valence-electron chi connectivity index (χ2n) is 4.05. The van der Waals surface area contributed by atoms with Gasteiger partial charge in [0.1, 0.15) is 18.2 Å². The average molecular weight is 306 g/mol. The number of nitrogens with zero attached hydrogens (tertiary/aromatic N) is 4. The van der Waals surface area contributed by atoms with Gasteiger partial charge in [-0.3, -0.25) is 4.57 Å². The second kappa shape index (κ2) is 5.42. The smallest absolute Gasteiger partial charge is 0.312 e. The van der Waals surface area contributed by atoms with Crippen LogP contribution in [-0.4, -0.2) is 36.9 Å². The highest BCUT2D eigenvalue weighted by Crippen LogP contribution is 2.46. The summed E-state index contributed by atoms with van der Waals surface area (Å²) in [6, 6.07) is 0. The number of nitrogen functional groups attached to an aromatic ring is 1. The number of fused-ring (bicyclic) bond motifs is 1. The first-order valence-electron chi connectivity index (χ1n) is 5.41. The van der Waals surface area contributed by atoms with E-state index in [1.165, 1.54) is 6.33 Å². The minimum absolute atomic E-state index is 0.304. The van der Waals surface area contributed by atoms with Gasteiger partial charge in [-0.15, -0.1) is 0 Å². The standard InChI is InChI=1S/C9H13ClN5O3P/c1-6(18-5-19(10,16)17)2-15-4-14-7-8(11)12-3-13-9(7)15/h3-4,6H,2,5H2,1H3,(H,16,17)(H2,11,12,13)/t6-/m1/s1. The van der Waals surface area contributed by atoms with E-state index in [2.05, 4.69) is 15.0 Å². The summed E-state index contributed by atoms with van der Waals surface area (Å²) in [5.74, 6) is 0.304. The zero-order valence-corrected chi connectivity index (χ0v) is 11.8. The van der Waals surface area contributed by atoms with E-state index in [0.717, 1.165) is 0 Å². The largest absolute Gasteiger partial charge is 0.382 e. The van der Waals surface area contributed by atoms with Crippen molar-refractivity contribution in [3.8, 4) is 0 Å². The average Bonchev–Trinajstić information content (AvgIpc) is 2.71. The summed E-state index contributed by atoms with van der Waals surface area (Å²) < 4.78 is 17.8. The van der Waals surface area contributed by atoms with Crippen molar-refractivity contribution < 1.29 is 14.2 Å². The Morgan fingerprint density at radius 1 is 1.58 bits per heavy atom. The van der Waals surface area contributed by atoms with Gasteiger partial charge in [0.25, 0.3) is 0 Å². The first-order chi connectivity index (χ1) is 8.87. The van der Waals surface area contributed by atoms with Crippen LogP contribution in [0.3, 0.4) is 0 Å². The van der Waals surface area contributed by atoms with Gasteiger partial charge in [0.2, 0.25) is 0 Å². The fraction of sp³-hybridized carbons (Fsp3) is 0.444. The predicted octanol–water partition coefficient (Wildman–Crippen LogP) is 1.20. The number of hydrogen-bond donors (Lipinski definition) is 2. The number of anilines is 1. The summed E-state index contributed by atoms with van der Waals surface area (Å²) in [5.41, 5.74) is 6.77. The minimum atomic E-state index is -3.69. The Bertz CT molecular complexity index is 627. The topological polar surface area (TPSA) is 116 Å². The second-order valence-corrected chi connectivity index (χ2v) is 7.13. The van der Waals surface area contributed by atoms with E-state index in [1.807, 2.05) is 0 Å². The molecule has 0 bridgehead atoms. The van der Waals surface area contributed by atoms with Gasteiger partial charge in [0.15, 0.2) is 11.5 Å². The maximum Gasteiger partial charge on any atom is 0.312 e. The SMILES string of the molecule is C[C@H](Cn1cnc2c(N)ncnc21)OCP(=O)(O)Cl. The van der Waals surface area contributed by atoms with Gasteiger partial charge in [-0.1, -0.05) is 0 Å². The van der Waals surface area contributed by atoms with E-state index >= 15 is 0 Å². The lowest BCUT2D eigenvalue weighted by molar-refractivity contribution is 0.0839. The van der Waals surface area contributed by atoms with Crippen molar-refractivity contribution >= 4 is 34.9 Å². The molecule has 0 saturated carbocycles. The van der Waals surface area contributed by atoms with Crippen molar-refractivity contribution in [2.75, 3.05) is 12.1 Å². The lowest BCUT2D eigenvalue weighted by atomic mass is 10.4. The summed E-state index contributed by atoms with van der Waals surface area (Å²) in [7, 11) is 0. The number of nitrogens with two attached hydrogens (primary N) is 1. The van der Waals surface area contributed by atoms with Gasteiger partial charge in [-0.05, 0) is 18.2 Å². The zero-order valence-electron chi connectivity index (χ0n) is 10.1. The fourth-order valence-corrected chi connectivity index (χ4v) is 2.19.